The van der Waals surface area contributed by atoms with Gasteiger partial charge in [-0.05, 0) is 13.8 Å². The molecular formula is C5H8O2. The van der Waals surface area contributed by atoms with Gasteiger partial charge >= 0.3 is 0 Å². The van der Waals surface area contributed by atoms with Crippen LogP contribution in [0.15, 0.2) is 0 Å². The van der Waals surface area contributed by atoms with Crippen molar-refractivity contribution in [2.45, 2.75) is 19.4 Å². The molecule has 0 spiro atoms. The van der Waals surface area contributed by atoms with Gasteiger partial charge in [0.15, 0.2) is 5.60 Å². The minimum Gasteiger partial charge on any atom is -0.250 e. The van der Waals surface area contributed by atoms with E-state index in [1.807, 2.05) is 0 Å². The predicted octanol–water partition coefficient (Wildman–Crippen LogP) is 0.888. The minimum atomic E-state index is -0.833. The first-order valence-electron chi connectivity index (χ1n) is 1.93. The number of hydrogen-bond acceptors (Lipinski definition) is 2. The topological polar surface area (TPSA) is 29.5 Å². The van der Waals surface area contributed by atoms with Gasteiger partial charge in [0.2, 0.25) is 0 Å². The largest absolute Gasteiger partial charge is 0.250 e. The Balaban J connectivity index is 3.66. The van der Waals surface area contributed by atoms with E-state index in [-0.39, 0.29) is 0 Å². The Morgan fingerprint density at radius 2 is 2.14 bits per heavy atom. The molecule has 0 atom stereocenters. The molecule has 1 N–H and O–H groups in total. The highest BCUT2D eigenvalue weighted by Crippen LogP contribution is 2.02. The maximum atomic E-state index is 7.95. The summed E-state index contributed by atoms with van der Waals surface area (Å²) in [5.74, 6) is 2.22. The Labute approximate surface area is 43.0 Å². The number of hydrogen-bond donors (Lipinski definition) is 1. The van der Waals surface area contributed by atoms with Gasteiger partial charge in [0.05, 0.1) is 0 Å². The van der Waals surface area contributed by atoms with Crippen LogP contribution in [0.1, 0.15) is 13.8 Å². The van der Waals surface area contributed by atoms with Gasteiger partial charge in [0, 0.05) is 0 Å². The normalized spacial score (nSPS) is 10.6. The molecule has 0 radical (unpaired) electrons. The quantitative estimate of drug-likeness (QED) is 0.301. The maximum Gasteiger partial charge on any atom is 0.157 e. The summed E-state index contributed by atoms with van der Waals surface area (Å²) >= 11 is 0. The summed E-state index contributed by atoms with van der Waals surface area (Å²) in [6.07, 6.45) is 4.88. The van der Waals surface area contributed by atoms with Gasteiger partial charge in [0.25, 0.3) is 0 Å². The van der Waals surface area contributed by atoms with Gasteiger partial charge in [-0.25, -0.2) is 4.89 Å². The molecule has 0 aromatic rings. The van der Waals surface area contributed by atoms with E-state index in [1.165, 1.54) is 0 Å². The Bertz CT molecular complexity index is 88.7. The average molecular weight is 100 g/mol. The zero-order valence-electron chi connectivity index (χ0n) is 4.43. The van der Waals surface area contributed by atoms with E-state index in [9.17, 15) is 0 Å². The second-order valence-corrected chi connectivity index (χ2v) is 1.75. The lowest BCUT2D eigenvalue weighted by Gasteiger charge is -2.09. The lowest BCUT2D eigenvalue weighted by atomic mass is 10.2. The highest BCUT2D eigenvalue weighted by Gasteiger charge is 2.11. The van der Waals surface area contributed by atoms with Crippen LogP contribution in [0, 0.1) is 12.3 Å². The third kappa shape index (κ3) is 2.21. The second kappa shape index (κ2) is 1.97. The summed E-state index contributed by atoms with van der Waals surface area (Å²) < 4.78 is 0. The molecule has 0 saturated heterocycles. The van der Waals surface area contributed by atoms with Crippen molar-refractivity contribution >= 4 is 0 Å². The standard InChI is InChI=1S/C5H8O2/c1-4-5(2,3)7-6/h1,6H,2-3H3. The smallest absolute Gasteiger partial charge is 0.157 e. The lowest BCUT2D eigenvalue weighted by Crippen LogP contribution is -2.18. The molecule has 0 rings (SSSR count). The van der Waals surface area contributed by atoms with Crippen molar-refractivity contribution in [3.63, 3.8) is 0 Å². The molecular weight excluding hydrogens is 92.1 g/mol. The van der Waals surface area contributed by atoms with Crippen LogP contribution in [0.3, 0.4) is 0 Å². The van der Waals surface area contributed by atoms with Crippen molar-refractivity contribution in [1.29, 1.82) is 0 Å². The van der Waals surface area contributed by atoms with Gasteiger partial charge in [0.1, 0.15) is 0 Å². The van der Waals surface area contributed by atoms with Crippen LogP contribution < -0.4 is 0 Å². The van der Waals surface area contributed by atoms with E-state index in [0.717, 1.165) is 0 Å². The highest BCUT2D eigenvalue weighted by atomic mass is 17.1. The molecule has 0 aromatic heterocycles. The fourth-order valence-corrected chi connectivity index (χ4v) is 0.0264. The van der Waals surface area contributed by atoms with Crippen LogP contribution in [0.5, 0.6) is 0 Å². The fraction of sp³-hybridized carbons (Fsp3) is 0.600. The zero-order valence-corrected chi connectivity index (χ0v) is 4.43. The summed E-state index contributed by atoms with van der Waals surface area (Å²) in [4.78, 5) is 3.85. The van der Waals surface area contributed by atoms with Crippen LogP contribution in [-0.4, -0.2) is 10.9 Å². The Hall–Kier alpha value is -0.520. The van der Waals surface area contributed by atoms with E-state index >= 15 is 0 Å². The molecule has 7 heavy (non-hydrogen) atoms. The van der Waals surface area contributed by atoms with Crippen molar-refractivity contribution in [1.82, 2.24) is 0 Å². The Kier molecular flexibility index (Phi) is 1.82. The van der Waals surface area contributed by atoms with Gasteiger partial charge in [-0.2, -0.15) is 0 Å². The fourth-order valence-electron chi connectivity index (χ4n) is 0.0264. The third-order valence-electron chi connectivity index (χ3n) is 0.576. The molecule has 0 aliphatic heterocycles. The highest BCUT2D eigenvalue weighted by molar-refractivity contribution is 5.01. The van der Waals surface area contributed by atoms with Gasteiger partial charge in [-0.15, -0.1) is 6.42 Å². The molecule has 0 amide bonds. The van der Waals surface area contributed by atoms with E-state index in [1.54, 1.807) is 13.8 Å². The van der Waals surface area contributed by atoms with Gasteiger partial charge in [-0.1, -0.05) is 5.92 Å². The van der Waals surface area contributed by atoms with Crippen molar-refractivity contribution in [3.8, 4) is 12.3 Å². The molecule has 0 fully saturated rings. The maximum absolute atomic E-state index is 7.95. The SMILES string of the molecule is C#CC(C)(C)OO. The van der Waals surface area contributed by atoms with Crippen LogP contribution in [-0.2, 0) is 4.89 Å². The molecule has 0 saturated carbocycles. The average Bonchev–Trinajstić information content (AvgIpc) is 1.68. The summed E-state index contributed by atoms with van der Waals surface area (Å²) in [5, 5.41) is 7.95. The lowest BCUT2D eigenvalue weighted by molar-refractivity contribution is -0.293. The Morgan fingerprint density at radius 3 is 2.14 bits per heavy atom. The summed E-state index contributed by atoms with van der Waals surface area (Å²) in [5.41, 5.74) is -0.833. The first-order valence-corrected chi connectivity index (χ1v) is 1.93. The Morgan fingerprint density at radius 1 is 1.71 bits per heavy atom. The van der Waals surface area contributed by atoms with Crippen LogP contribution >= 0.6 is 0 Å². The van der Waals surface area contributed by atoms with Crippen LogP contribution in [0.2, 0.25) is 0 Å². The third-order valence-corrected chi connectivity index (χ3v) is 0.576. The van der Waals surface area contributed by atoms with Gasteiger partial charge < -0.3 is 0 Å². The van der Waals surface area contributed by atoms with Crippen molar-refractivity contribution in [2.24, 2.45) is 0 Å². The summed E-state index contributed by atoms with van der Waals surface area (Å²) in [6, 6.07) is 0. The summed E-state index contributed by atoms with van der Waals surface area (Å²) in [6.45, 7) is 3.18. The monoisotopic (exact) mass is 100 g/mol. The van der Waals surface area contributed by atoms with Crippen LogP contribution in [0.4, 0.5) is 0 Å². The minimum absolute atomic E-state index is 0.833. The van der Waals surface area contributed by atoms with E-state index in [2.05, 4.69) is 10.8 Å². The molecule has 2 heteroatoms. The van der Waals surface area contributed by atoms with Crippen molar-refractivity contribution in [3.05, 3.63) is 0 Å². The number of terminal acetylenes is 1. The van der Waals surface area contributed by atoms with E-state index < -0.39 is 5.60 Å². The molecule has 0 bridgehead atoms. The van der Waals surface area contributed by atoms with Crippen molar-refractivity contribution < 1.29 is 10.1 Å². The molecule has 0 aromatic carbocycles. The molecule has 40 valence electrons. The summed E-state index contributed by atoms with van der Waals surface area (Å²) in [7, 11) is 0. The van der Waals surface area contributed by atoms with E-state index in [4.69, 9.17) is 11.7 Å². The van der Waals surface area contributed by atoms with E-state index in [0.29, 0.717) is 0 Å². The first-order chi connectivity index (χ1) is 3.12. The van der Waals surface area contributed by atoms with Gasteiger partial charge in [-0.3, -0.25) is 5.26 Å². The number of rotatable bonds is 1. The second-order valence-electron chi connectivity index (χ2n) is 1.75. The molecule has 0 unspecified atom stereocenters. The molecule has 2 nitrogen and oxygen atoms in total. The zero-order chi connectivity index (χ0) is 5.91. The molecule has 0 aliphatic rings. The first kappa shape index (κ1) is 6.48. The predicted molar refractivity (Wildman–Crippen MR) is 26.6 cm³/mol. The van der Waals surface area contributed by atoms with Crippen molar-refractivity contribution in [2.75, 3.05) is 0 Å². The molecule has 0 heterocycles. The van der Waals surface area contributed by atoms with Crippen LogP contribution in [0.25, 0.3) is 0 Å². The molecule has 0 aliphatic carbocycles.